The van der Waals surface area contributed by atoms with Gasteiger partial charge < -0.3 is 4.74 Å². The third-order valence-electron chi connectivity index (χ3n) is 1.17. The molecule has 0 aliphatic heterocycles. The average molecular weight is 227 g/mol. The van der Waals surface area contributed by atoms with E-state index >= 15 is 0 Å². The van der Waals surface area contributed by atoms with Crippen LogP contribution in [0.4, 0.5) is 0 Å². The molecule has 5 heteroatoms. The van der Waals surface area contributed by atoms with Gasteiger partial charge in [0.1, 0.15) is 0 Å². The van der Waals surface area contributed by atoms with Crippen LogP contribution >= 0.6 is 22.2 Å². The van der Waals surface area contributed by atoms with E-state index in [-0.39, 0.29) is 0 Å². The van der Waals surface area contributed by atoms with Crippen LogP contribution in [0.5, 0.6) is 0 Å². The maximum Gasteiger partial charge on any atom is 0.330 e. The molecule has 0 unspecified atom stereocenters. The molecular formula is C7H12Cl2O2Si. The van der Waals surface area contributed by atoms with Gasteiger partial charge in [0, 0.05) is 6.08 Å². The fourth-order valence-corrected chi connectivity index (χ4v) is 2.18. The summed E-state index contributed by atoms with van der Waals surface area (Å²) < 4.78 is 4.73. The second kappa shape index (κ2) is 5.62. The fourth-order valence-electron chi connectivity index (χ4n) is 0.614. The molecule has 0 aromatic heterocycles. The Morgan fingerprint density at radius 2 is 2.25 bits per heavy atom. The molecule has 0 atom stereocenters. The number of esters is 1. The van der Waals surface area contributed by atoms with Gasteiger partial charge in [0.2, 0.25) is 6.69 Å². The van der Waals surface area contributed by atoms with Crippen molar-refractivity contribution in [3.8, 4) is 0 Å². The molecule has 0 rings (SSSR count). The summed E-state index contributed by atoms with van der Waals surface area (Å²) in [5, 5.41) is 0. The Morgan fingerprint density at radius 1 is 1.67 bits per heavy atom. The lowest BCUT2D eigenvalue weighted by atomic mass is 10.5. The first-order chi connectivity index (χ1) is 5.45. The predicted octanol–water partition coefficient (Wildman–Crippen LogP) is 2.66. The number of hydrogen-bond donors (Lipinski definition) is 0. The number of rotatable bonds is 5. The lowest BCUT2D eigenvalue weighted by Crippen LogP contribution is -2.13. The largest absolute Gasteiger partial charge is 0.463 e. The molecule has 0 aromatic carbocycles. The Hall–Kier alpha value is 0.00688. The quantitative estimate of drug-likeness (QED) is 0.237. The van der Waals surface area contributed by atoms with E-state index < -0.39 is 12.7 Å². The van der Waals surface area contributed by atoms with Gasteiger partial charge in [-0.1, -0.05) is 6.58 Å². The molecule has 0 saturated carbocycles. The van der Waals surface area contributed by atoms with E-state index in [2.05, 4.69) is 6.58 Å². The van der Waals surface area contributed by atoms with Gasteiger partial charge >= 0.3 is 5.97 Å². The van der Waals surface area contributed by atoms with E-state index in [0.29, 0.717) is 6.61 Å². The van der Waals surface area contributed by atoms with Crippen molar-refractivity contribution in [1.29, 1.82) is 0 Å². The molecule has 0 amide bonds. The number of ether oxygens (including phenoxy) is 1. The first-order valence-electron chi connectivity index (χ1n) is 3.63. The van der Waals surface area contributed by atoms with Crippen molar-refractivity contribution >= 4 is 34.8 Å². The van der Waals surface area contributed by atoms with Crippen LogP contribution in [0.15, 0.2) is 12.7 Å². The zero-order valence-corrected chi connectivity index (χ0v) is 9.49. The number of halogens is 2. The monoisotopic (exact) mass is 226 g/mol. The van der Waals surface area contributed by atoms with E-state index in [9.17, 15) is 4.79 Å². The van der Waals surface area contributed by atoms with Crippen LogP contribution in [0.3, 0.4) is 0 Å². The van der Waals surface area contributed by atoms with Crippen molar-refractivity contribution in [2.75, 3.05) is 6.61 Å². The summed E-state index contributed by atoms with van der Waals surface area (Å²) in [6.07, 6.45) is 1.85. The van der Waals surface area contributed by atoms with Crippen LogP contribution in [0, 0.1) is 0 Å². The minimum Gasteiger partial charge on any atom is -0.463 e. The van der Waals surface area contributed by atoms with Crippen LogP contribution < -0.4 is 0 Å². The van der Waals surface area contributed by atoms with Crippen LogP contribution in [-0.4, -0.2) is 19.3 Å². The second-order valence-electron chi connectivity index (χ2n) is 2.55. The fraction of sp³-hybridized carbons (Fsp3) is 0.571. The van der Waals surface area contributed by atoms with Gasteiger partial charge in [-0.3, -0.25) is 0 Å². The number of hydrogen-bond acceptors (Lipinski definition) is 2. The summed E-state index contributed by atoms with van der Waals surface area (Å²) in [4.78, 5) is 10.5. The Morgan fingerprint density at radius 3 is 2.67 bits per heavy atom. The molecule has 0 aliphatic carbocycles. The maximum absolute atomic E-state index is 10.5. The molecule has 0 fully saturated rings. The molecule has 0 heterocycles. The molecule has 0 radical (unpaired) electrons. The normalized spacial score (nSPS) is 10.9. The predicted molar refractivity (Wildman–Crippen MR) is 53.9 cm³/mol. The summed E-state index contributed by atoms with van der Waals surface area (Å²) in [6.45, 7) is 3.46. The van der Waals surface area contributed by atoms with Crippen molar-refractivity contribution in [2.24, 2.45) is 0 Å². The van der Waals surface area contributed by atoms with Gasteiger partial charge in [0.25, 0.3) is 0 Å². The zero-order chi connectivity index (χ0) is 9.61. The van der Waals surface area contributed by atoms with E-state index in [1.165, 1.54) is 0 Å². The topological polar surface area (TPSA) is 26.3 Å². The lowest BCUT2D eigenvalue weighted by Gasteiger charge is -2.08. The van der Waals surface area contributed by atoms with E-state index in [0.717, 1.165) is 18.5 Å². The Labute approximate surface area is 82.9 Å². The zero-order valence-electron chi connectivity index (χ0n) is 6.98. The van der Waals surface area contributed by atoms with Gasteiger partial charge in [-0.25, -0.2) is 4.79 Å². The summed E-state index contributed by atoms with van der Waals surface area (Å²) in [7, 11) is 0. The number of carbonyl (C=O) groups is 1. The highest BCUT2D eigenvalue weighted by Crippen LogP contribution is 2.21. The third-order valence-corrected chi connectivity index (χ3v) is 3.54. The maximum atomic E-state index is 10.5. The van der Waals surface area contributed by atoms with Crippen molar-refractivity contribution in [3.05, 3.63) is 12.7 Å². The van der Waals surface area contributed by atoms with Gasteiger partial charge in [-0.05, 0) is 19.0 Å². The molecule has 2 nitrogen and oxygen atoms in total. The minimum absolute atomic E-state index is 0.368. The third kappa shape index (κ3) is 8.11. The first kappa shape index (κ1) is 12.0. The van der Waals surface area contributed by atoms with Crippen molar-refractivity contribution in [3.63, 3.8) is 0 Å². The summed E-state index contributed by atoms with van der Waals surface area (Å²) in [6, 6.07) is 0.737. The van der Waals surface area contributed by atoms with Crippen LogP contribution in [0.1, 0.15) is 6.42 Å². The highest BCUT2D eigenvalue weighted by molar-refractivity contribution is 7.44. The SMILES string of the molecule is C=CC(=O)OCCC[Si](C)(Cl)Cl. The van der Waals surface area contributed by atoms with Gasteiger partial charge in [-0.15, -0.1) is 22.2 Å². The molecule has 0 aliphatic rings. The number of carbonyl (C=O) groups excluding carboxylic acids is 1. The van der Waals surface area contributed by atoms with Crippen LogP contribution in [0.25, 0.3) is 0 Å². The highest BCUT2D eigenvalue weighted by Gasteiger charge is 2.19. The first-order valence-corrected chi connectivity index (χ1v) is 8.36. The molecular weight excluding hydrogens is 215 g/mol. The minimum atomic E-state index is -2.01. The van der Waals surface area contributed by atoms with Gasteiger partial charge in [0.05, 0.1) is 6.61 Å². The molecule has 0 spiro atoms. The second-order valence-corrected chi connectivity index (χ2v) is 10.8. The van der Waals surface area contributed by atoms with E-state index in [1.807, 2.05) is 6.55 Å². The molecule has 12 heavy (non-hydrogen) atoms. The van der Waals surface area contributed by atoms with Crippen molar-refractivity contribution < 1.29 is 9.53 Å². The Bertz CT molecular complexity index is 165. The van der Waals surface area contributed by atoms with E-state index in [1.54, 1.807) is 0 Å². The van der Waals surface area contributed by atoms with Crippen LogP contribution in [-0.2, 0) is 9.53 Å². The van der Waals surface area contributed by atoms with Crippen molar-refractivity contribution in [2.45, 2.75) is 19.0 Å². The lowest BCUT2D eigenvalue weighted by molar-refractivity contribution is -0.137. The highest BCUT2D eigenvalue weighted by atomic mass is 35.7. The standard InChI is InChI=1S/C7H12Cl2O2Si/c1-3-7(10)11-5-4-6-12(2,8)9/h3H,1,4-6H2,2H3. The molecule has 0 N–H and O–H groups in total. The van der Waals surface area contributed by atoms with Gasteiger partial charge in [0.15, 0.2) is 0 Å². The summed E-state index contributed by atoms with van der Waals surface area (Å²) in [5.74, 6) is -0.400. The summed E-state index contributed by atoms with van der Waals surface area (Å²) >= 11 is 11.7. The van der Waals surface area contributed by atoms with Crippen molar-refractivity contribution in [1.82, 2.24) is 0 Å². The molecule has 0 bridgehead atoms. The summed E-state index contributed by atoms with van der Waals surface area (Å²) in [5.41, 5.74) is 0. The average Bonchev–Trinajstić information content (AvgIpc) is 1.96. The molecule has 0 saturated heterocycles. The van der Waals surface area contributed by atoms with Gasteiger partial charge in [-0.2, -0.15) is 0 Å². The molecule has 0 aromatic rings. The molecule has 70 valence electrons. The van der Waals surface area contributed by atoms with Crippen LogP contribution in [0.2, 0.25) is 12.6 Å². The smallest absolute Gasteiger partial charge is 0.330 e. The Kier molecular flexibility index (Phi) is 5.62. The Balaban J connectivity index is 3.34. The van der Waals surface area contributed by atoms with E-state index in [4.69, 9.17) is 26.9 Å².